The lowest BCUT2D eigenvalue weighted by atomic mass is 10.1. The summed E-state index contributed by atoms with van der Waals surface area (Å²) in [5, 5.41) is 3.09. The van der Waals surface area contributed by atoms with Gasteiger partial charge in [0.15, 0.2) is 0 Å². The molecule has 1 aliphatic heterocycles. The molecule has 2 unspecified atom stereocenters. The number of hydrogen-bond donors (Lipinski definition) is 1. The first-order chi connectivity index (χ1) is 7.11. The summed E-state index contributed by atoms with van der Waals surface area (Å²) in [6.07, 6.45) is 1.04. The molecule has 1 N–H and O–H groups in total. The summed E-state index contributed by atoms with van der Waals surface area (Å²) in [5.41, 5.74) is 0. The van der Waals surface area contributed by atoms with Crippen molar-refractivity contribution in [2.24, 2.45) is 0 Å². The molecule has 0 spiro atoms. The molecule has 1 fully saturated rings. The monoisotopic (exact) mass is 213 g/mol. The van der Waals surface area contributed by atoms with Gasteiger partial charge in [-0.05, 0) is 27.4 Å². The van der Waals surface area contributed by atoms with Gasteiger partial charge in [0.05, 0.1) is 0 Å². The second-order valence-corrected chi connectivity index (χ2v) is 4.37. The van der Waals surface area contributed by atoms with Crippen LogP contribution in [0.15, 0.2) is 0 Å². The van der Waals surface area contributed by atoms with Gasteiger partial charge in [0.1, 0.15) is 6.04 Å². The van der Waals surface area contributed by atoms with E-state index in [1.165, 1.54) is 0 Å². The Bertz CT molecular complexity index is 220. The van der Waals surface area contributed by atoms with Crippen molar-refractivity contribution in [3.8, 4) is 0 Å². The van der Waals surface area contributed by atoms with Crippen LogP contribution in [0.3, 0.4) is 0 Å². The van der Waals surface area contributed by atoms with Crippen LogP contribution in [0.5, 0.6) is 0 Å². The van der Waals surface area contributed by atoms with Crippen LogP contribution in [-0.2, 0) is 4.79 Å². The molecule has 4 heteroatoms. The zero-order valence-corrected chi connectivity index (χ0v) is 10.3. The highest BCUT2D eigenvalue weighted by Crippen LogP contribution is 2.14. The highest BCUT2D eigenvalue weighted by Gasteiger charge is 2.35. The van der Waals surface area contributed by atoms with Gasteiger partial charge in [-0.25, -0.2) is 0 Å². The van der Waals surface area contributed by atoms with Crippen LogP contribution >= 0.6 is 0 Å². The lowest BCUT2D eigenvalue weighted by Crippen LogP contribution is -2.62. The third-order valence-corrected chi connectivity index (χ3v) is 3.16. The molecule has 88 valence electrons. The van der Waals surface area contributed by atoms with E-state index in [-0.39, 0.29) is 11.9 Å². The second-order valence-electron chi connectivity index (χ2n) is 4.37. The molecule has 1 heterocycles. The van der Waals surface area contributed by atoms with E-state index in [1.807, 2.05) is 19.0 Å². The Morgan fingerprint density at radius 2 is 2.20 bits per heavy atom. The van der Waals surface area contributed by atoms with Gasteiger partial charge in [0.2, 0.25) is 5.91 Å². The zero-order chi connectivity index (χ0) is 11.4. The maximum atomic E-state index is 12.1. The molecular formula is C11H23N3O. The number of likely N-dealkylation sites (N-methyl/N-ethyl adjacent to an activating group) is 2. The highest BCUT2D eigenvalue weighted by atomic mass is 16.2. The van der Waals surface area contributed by atoms with Gasteiger partial charge in [-0.1, -0.05) is 6.92 Å². The standard InChI is InChI=1S/C11H23N3O/c1-5-6-14-8-9(2)13(4)10(7-12-3)11(14)15/h9-10,12H,5-8H2,1-4H3. The van der Waals surface area contributed by atoms with Crippen molar-refractivity contribution in [3.05, 3.63) is 0 Å². The minimum absolute atomic E-state index is 0.00491. The average molecular weight is 213 g/mol. The fraction of sp³-hybridized carbons (Fsp3) is 0.909. The number of hydrogen-bond acceptors (Lipinski definition) is 3. The number of piperazine rings is 1. The molecule has 2 atom stereocenters. The summed E-state index contributed by atoms with van der Waals surface area (Å²) < 4.78 is 0. The topological polar surface area (TPSA) is 35.6 Å². The van der Waals surface area contributed by atoms with E-state index in [0.29, 0.717) is 6.04 Å². The molecular weight excluding hydrogens is 190 g/mol. The molecule has 1 aliphatic rings. The number of carbonyl (C=O) groups excluding carboxylic acids is 1. The minimum Gasteiger partial charge on any atom is -0.340 e. The summed E-state index contributed by atoms with van der Waals surface area (Å²) >= 11 is 0. The normalized spacial score (nSPS) is 28.5. The molecule has 0 aromatic heterocycles. The lowest BCUT2D eigenvalue weighted by Gasteiger charge is -2.43. The molecule has 15 heavy (non-hydrogen) atoms. The first-order valence-corrected chi connectivity index (χ1v) is 5.77. The summed E-state index contributed by atoms with van der Waals surface area (Å²) in [5.74, 6) is 0.270. The molecule has 0 aliphatic carbocycles. The molecule has 1 saturated heterocycles. The number of carbonyl (C=O) groups is 1. The zero-order valence-electron chi connectivity index (χ0n) is 10.3. The molecule has 4 nitrogen and oxygen atoms in total. The van der Waals surface area contributed by atoms with Crippen LogP contribution in [0.1, 0.15) is 20.3 Å². The number of rotatable bonds is 4. The van der Waals surface area contributed by atoms with Crippen molar-refractivity contribution in [2.75, 3.05) is 33.7 Å². The molecule has 1 amide bonds. The van der Waals surface area contributed by atoms with Crippen molar-refractivity contribution < 1.29 is 4.79 Å². The number of nitrogens with zero attached hydrogens (tertiary/aromatic N) is 2. The maximum Gasteiger partial charge on any atom is 0.241 e. The number of amides is 1. The SMILES string of the molecule is CCCN1CC(C)N(C)C(CNC)C1=O. The maximum absolute atomic E-state index is 12.1. The van der Waals surface area contributed by atoms with E-state index < -0.39 is 0 Å². The fourth-order valence-corrected chi connectivity index (χ4v) is 2.13. The molecule has 0 aromatic rings. The van der Waals surface area contributed by atoms with E-state index >= 15 is 0 Å². The highest BCUT2D eigenvalue weighted by molar-refractivity contribution is 5.83. The Labute approximate surface area is 92.6 Å². The van der Waals surface area contributed by atoms with Crippen molar-refractivity contribution in [1.29, 1.82) is 0 Å². The minimum atomic E-state index is 0.00491. The third kappa shape index (κ3) is 2.69. The predicted molar refractivity (Wildman–Crippen MR) is 61.8 cm³/mol. The predicted octanol–water partition coefficient (Wildman–Crippen LogP) is 0.147. The molecule has 0 aromatic carbocycles. The Hall–Kier alpha value is -0.610. The third-order valence-electron chi connectivity index (χ3n) is 3.16. The Morgan fingerprint density at radius 3 is 2.73 bits per heavy atom. The number of nitrogens with one attached hydrogen (secondary N) is 1. The quantitative estimate of drug-likeness (QED) is 0.722. The summed E-state index contributed by atoms with van der Waals surface area (Å²) in [6.45, 7) is 6.78. The van der Waals surface area contributed by atoms with Crippen LogP contribution in [0.4, 0.5) is 0 Å². The van der Waals surface area contributed by atoms with Gasteiger partial charge >= 0.3 is 0 Å². The van der Waals surface area contributed by atoms with Crippen LogP contribution in [0, 0.1) is 0 Å². The van der Waals surface area contributed by atoms with Crippen LogP contribution < -0.4 is 5.32 Å². The smallest absolute Gasteiger partial charge is 0.241 e. The van der Waals surface area contributed by atoms with Gasteiger partial charge in [-0.15, -0.1) is 0 Å². The Morgan fingerprint density at radius 1 is 1.53 bits per heavy atom. The van der Waals surface area contributed by atoms with E-state index in [0.717, 1.165) is 26.1 Å². The van der Waals surface area contributed by atoms with E-state index in [4.69, 9.17) is 0 Å². The van der Waals surface area contributed by atoms with Gasteiger partial charge in [-0.3, -0.25) is 9.69 Å². The van der Waals surface area contributed by atoms with Gasteiger partial charge in [0.25, 0.3) is 0 Å². The fourth-order valence-electron chi connectivity index (χ4n) is 2.13. The Kier molecular flexibility index (Phi) is 4.54. The summed E-state index contributed by atoms with van der Waals surface area (Å²) in [4.78, 5) is 16.3. The second kappa shape index (κ2) is 5.47. The average Bonchev–Trinajstić information content (AvgIpc) is 2.21. The molecule has 0 bridgehead atoms. The first-order valence-electron chi connectivity index (χ1n) is 5.77. The summed E-state index contributed by atoms with van der Waals surface area (Å²) in [7, 11) is 3.93. The molecule has 0 radical (unpaired) electrons. The van der Waals surface area contributed by atoms with Gasteiger partial charge in [0, 0.05) is 25.7 Å². The van der Waals surface area contributed by atoms with Crippen LogP contribution in [-0.4, -0.2) is 61.5 Å². The largest absolute Gasteiger partial charge is 0.340 e. The van der Waals surface area contributed by atoms with Gasteiger partial charge in [-0.2, -0.15) is 0 Å². The van der Waals surface area contributed by atoms with Crippen molar-refractivity contribution in [2.45, 2.75) is 32.4 Å². The van der Waals surface area contributed by atoms with Gasteiger partial charge < -0.3 is 10.2 Å². The lowest BCUT2D eigenvalue weighted by molar-refractivity contribution is -0.143. The molecule has 0 saturated carbocycles. The van der Waals surface area contributed by atoms with E-state index in [9.17, 15) is 4.79 Å². The van der Waals surface area contributed by atoms with Crippen LogP contribution in [0.25, 0.3) is 0 Å². The molecule has 1 rings (SSSR count). The summed E-state index contributed by atoms with van der Waals surface area (Å²) in [6, 6.07) is 0.456. The van der Waals surface area contributed by atoms with E-state index in [2.05, 4.69) is 24.1 Å². The van der Waals surface area contributed by atoms with Crippen LogP contribution in [0.2, 0.25) is 0 Å². The van der Waals surface area contributed by atoms with Crippen molar-refractivity contribution >= 4 is 5.91 Å². The van der Waals surface area contributed by atoms with Crippen molar-refractivity contribution in [3.63, 3.8) is 0 Å². The van der Waals surface area contributed by atoms with E-state index in [1.54, 1.807) is 0 Å². The Balaban J connectivity index is 2.70. The first kappa shape index (κ1) is 12.5. The van der Waals surface area contributed by atoms with Crippen molar-refractivity contribution in [1.82, 2.24) is 15.1 Å².